The summed E-state index contributed by atoms with van der Waals surface area (Å²) >= 11 is 9.69. The molecule has 10 heteroatoms. The van der Waals surface area contributed by atoms with Gasteiger partial charge < -0.3 is 4.90 Å². The molecule has 1 aromatic carbocycles. The quantitative estimate of drug-likeness (QED) is 0.385. The van der Waals surface area contributed by atoms with E-state index in [1.165, 1.54) is 25.7 Å². The number of fused-ring (bicyclic) bond motifs is 1. The van der Waals surface area contributed by atoms with Gasteiger partial charge in [-0.05, 0) is 43.0 Å². The lowest BCUT2D eigenvalue weighted by molar-refractivity contribution is -0.0431. The molecule has 0 saturated heterocycles. The molecule has 0 bridgehead atoms. The van der Waals surface area contributed by atoms with Crippen molar-refractivity contribution >= 4 is 44.2 Å². The van der Waals surface area contributed by atoms with Gasteiger partial charge in [-0.15, -0.1) is 0 Å². The fraction of sp³-hybridized carbons (Fsp3) is 0.522. The molecule has 180 valence electrons. The summed E-state index contributed by atoms with van der Waals surface area (Å²) in [5, 5.41) is 0.562. The SMILES string of the molecule is O=S(N1Cc2c(Br)cccc2N(Cc2cc(Cl)ccn2)C(CCC2CCCC2)C1)C(F)(F)F. The standard InChI is InChI=1S/C23H26BrClF3N3OS/c24-21-6-3-7-22-20(21)15-30(33(32)23(26,27)28)14-19(9-8-16-4-1-2-5-16)31(22)13-18-12-17(25)10-11-29-18/h3,6-7,10-12,16,19H,1-2,4-5,8-9,13-15H2. The summed E-state index contributed by atoms with van der Waals surface area (Å²) in [6.07, 6.45) is 8.07. The number of pyridine rings is 1. The van der Waals surface area contributed by atoms with Gasteiger partial charge >= 0.3 is 5.51 Å². The van der Waals surface area contributed by atoms with Crippen LogP contribution in [-0.4, -0.2) is 31.6 Å². The topological polar surface area (TPSA) is 36.4 Å². The van der Waals surface area contributed by atoms with E-state index >= 15 is 0 Å². The minimum Gasteiger partial charge on any atom is -0.361 e. The average molecular weight is 565 g/mol. The maximum atomic E-state index is 13.5. The van der Waals surface area contributed by atoms with Crippen molar-refractivity contribution in [2.45, 2.75) is 63.2 Å². The Bertz CT molecular complexity index is 1000. The second-order valence-electron chi connectivity index (χ2n) is 8.73. The van der Waals surface area contributed by atoms with Crippen LogP contribution < -0.4 is 4.90 Å². The molecule has 0 N–H and O–H groups in total. The average Bonchev–Trinajstić information content (AvgIpc) is 3.23. The molecule has 1 saturated carbocycles. The Labute approximate surface area is 208 Å². The van der Waals surface area contributed by atoms with E-state index in [9.17, 15) is 17.4 Å². The smallest absolute Gasteiger partial charge is 0.361 e. The number of benzene rings is 1. The van der Waals surface area contributed by atoms with E-state index in [2.05, 4.69) is 25.8 Å². The molecule has 1 aliphatic heterocycles. The second kappa shape index (κ2) is 10.6. The summed E-state index contributed by atoms with van der Waals surface area (Å²) in [4.78, 5) is 6.56. The molecule has 0 radical (unpaired) electrons. The van der Waals surface area contributed by atoms with Gasteiger partial charge in [0.2, 0.25) is 11.0 Å². The van der Waals surface area contributed by atoms with Crippen molar-refractivity contribution < 1.29 is 17.4 Å². The van der Waals surface area contributed by atoms with Crippen LogP contribution in [0.2, 0.25) is 5.02 Å². The number of anilines is 1. The minimum atomic E-state index is -4.80. The van der Waals surface area contributed by atoms with Gasteiger partial charge in [0.05, 0.1) is 12.2 Å². The third kappa shape index (κ3) is 6.10. The van der Waals surface area contributed by atoms with E-state index in [0.29, 0.717) is 27.5 Å². The molecule has 1 aliphatic carbocycles. The first-order valence-electron chi connectivity index (χ1n) is 11.1. The Morgan fingerprint density at radius 2 is 1.94 bits per heavy atom. The Hall–Kier alpha value is -1.16. The van der Waals surface area contributed by atoms with Crippen molar-refractivity contribution in [2.75, 3.05) is 11.4 Å². The van der Waals surface area contributed by atoms with E-state index < -0.39 is 16.5 Å². The molecular formula is C23H26BrClF3N3OS. The molecule has 2 aromatic rings. The molecule has 2 atom stereocenters. The number of rotatable bonds is 6. The highest BCUT2D eigenvalue weighted by atomic mass is 79.9. The summed E-state index contributed by atoms with van der Waals surface area (Å²) in [7, 11) is -3.09. The van der Waals surface area contributed by atoms with Crippen molar-refractivity contribution in [3.8, 4) is 0 Å². The summed E-state index contributed by atoms with van der Waals surface area (Å²) in [6.45, 7) is 0.411. The fourth-order valence-electron chi connectivity index (χ4n) is 4.92. The number of hydrogen-bond acceptors (Lipinski definition) is 3. The number of aromatic nitrogens is 1. The molecule has 1 fully saturated rings. The molecule has 0 spiro atoms. The van der Waals surface area contributed by atoms with E-state index in [1.54, 1.807) is 18.3 Å². The molecule has 2 heterocycles. The highest BCUT2D eigenvalue weighted by molar-refractivity contribution is 9.10. The van der Waals surface area contributed by atoms with Crippen LogP contribution in [0.1, 0.15) is 49.8 Å². The number of halogens is 5. The second-order valence-corrected chi connectivity index (χ2v) is 11.5. The van der Waals surface area contributed by atoms with E-state index in [-0.39, 0.29) is 19.1 Å². The van der Waals surface area contributed by atoms with Crippen LogP contribution in [0.5, 0.6) is 0 Å². The molecule has 2 aliphatic rings. The van der Waals surface area contributed by atoms with Crippen LogP contribution in [0.3, 0.4) is 0 Å². The summed E-state index contributed by atoms with van der Waals surface area (Å²) in [5.41, 5.74) is -2.53. The van der Waals surface area contributed by atoms with Crippen LogP contribution in [0.25, 0.3) is 0 Å². The lowest BCUT2D eigenvalue weighted by atomic mass is 9.97. The third-order valence-corrected chi connectivity index (χ3v) is 8.64. The van der Waals surface area contributed by atoms with Crippen molar-refractivity contribution in [1.82, 2.24) is 9.29 Å². The minimum absolute atomic E-state index is 0.0533. The normalized spacial score (nSPS) is 21.1. The molecule has 4 nitrogen and oxygen atoms in total. The molecule has 33 heavy (non-hydrogen) atoms. The zero-order chi connectivity index (χ0) is 23.6. The lowest BCUT2D eigenvalue weighted by Crippen LogP contribution is -2.44. The van der Waals surface area contributed by atoms with Crippen molar-refractivity contribution in [1.29, 1.82) is 0 Å². The van der Waals surface area contributed by atoms with Crippen molar-refractivity contribution in [2.24, 2.45) is 5.92 Å². The van der Waals surface area contributed by atoms with E-state index in [1.807, 2.05) is 18.2 Å². The van der Waals surface area contributed by atoms with Gasteiger partial charge in [-0.3, -0.25) is 4.98 Å². The van der Waals surface area contributed by atoms with E-state index in [4.69, 9.17) is 11.6 Å². The first-order valence-corrected chi connectivity index (χ1v) is 13.4. The Morgan fingerprint density at radius 3 is 2.64 bits per heavy atom. The molecule has 4 rings (SSSR count). The molecule has 0 amide bonds. The Morgan fingerprint density at radius 1 is 1.18 bits per heavy atom. The van der Waals surface area contributed by atoms with Gasteiger partial charge in [0.15, 0.2) is 0 Å². The van der Waals surface area contributed by atoms with Gasteiger partial charge in [0.25, 0.3) is 0 Å². The zero-order valence-corrected chi connectivity index (χ0v) is 21.2. The number of nitrogens with zero attached hydrogens (tertiary/aromatic N) is 3. The predicted molar refractivity (Wildman–Crippen MR) is 129 cm³/mol. The molecule has 2 unspecified atom stereocenters. The lowest BCUT2D eigenvalue weighted by Gasteiger charge is -2.34. The fourth-order valence-corrected chi connectivity index (χ4v) is 6.43. The largest absolute Gasteiger partial charge is 0.485 e. The summed E-state index contributed by atoms with van der Waals surface area (Å²) in [5.74, 6) is 0.600. The predicted octanol–water partition coefficient (Wildman–Crippen LogP) is 6.84. The highest BCUT2D eigenvalue weighted by Crippen LogP contribution is 2.38. The van der Waals surface area contributed by atoms with Gasteiger partial charge in [-0.1, -0.05) is 59.3 Å². The van der Waals surface area contributed by atoms with Gasteiger partial charge in [-0.2, -0.15) is 13.2 Å². The van der Waals surface area contributed by atoms with Gasteiger partial charge in [-0.25, -0.2) is 8.51 Å². The van der Waals surface area contributed by atoms with Crippen LogP contribution in [0, 0.1) is 5.92 Å². The zero-order valence-electron chi connectivity index (χ0n) is 18.0. The monoisotopic (exact) mass is 563 g/mol. The van der Waals surface area contributed by atoms with Gasteiger partial charge in [0, 0.05) is 46.1 Å². The van der Waals surface area contributed by atoms with Gasteiger partial charge in [0.1, 0.15) is 0 Å². The first-order chi connectivity index (χ1) is 15.7. The Balaban J connectivity index is 1.72. The van der Waals surface area contributed by atoms with Crippen LogP contribution >= 0.6 is 27.5 Å². The first kappa shape index (κ1) is 24.9. The summed E-state index contributed by atoms with van der Waals surface area (Å²) < 4.78 is 54.7. The Kier molecular flexibility index (Phi) is 8.03. The third-order valence-electron chi connectivity index (χ3n) is 6.52. The summed E-state index contributed by atoms with van der Waals surface area (Å²) in [6, 6.07) is 8.85. The number of alkyl halides is 3. The van der Waals surface area contributed by atoms with Crippen LogP contribution in [0.4, 0.5) is 18.9 Å². The van der Waals surface area contributed by atoms with Crippen molar-refractivity contribution in [3.05, 3.63) is 57.3 Å². The number of hydrogen-bond donors (Lipinski definition) is 0. The van der Waals surface area contributed by atoms with Crippen LogP contribution in [-0.2, 0) is 24.1 Å². The highest BCUT2D eigenvalue weighted by Gasteiger charge is 2.44. The van der Waals surface area contributed by atoms with Crippen LogP contribution in [0.15, 0.2) is 41.0 Å². The molecular weight excluding hydrogens is 539 g/mol. The maximum Gasteiger partial charge on any atom is 0.485 e. The molecule has 1 aromatic heterocycles. The van der Waals surface area contributed by atoms with Crippen molar-refractivity contribution in [3.63, 3.8) is 0 Å². The maximum absolute atomic E-state index is 13.5. The van der Waals surface area contributed by atoms with E-state index in [0.717, 1.165) is 28.5 Å².